The maximum absolute atomic E-state index is 11.6. The molecule has 0 fully saturated rings. The van der Waals surface area contributed by atoms with Gasteiger partial charge in [-0.05, 0) is 47.9 Å². The standard InChI is InChI=1S/C13H15NO2S/c1-2-16-13(15)12-4-3-7-14(12)8-5-11-6-9-17-10-11/h3-4,6-7,9-10H,2,5,8H2,1H3. The van der Waals surface area contributed by atoms with Crippen molar-refractivity contribution in [2.45, 2.75) is 19.9 Å². The first-order valence-electron chi connectivity index (χ1n) is 5.64. The minimum atomic E-state index is -0.247. The number of ether oxygens (including phenoxy) is 1. The van der Waals surface area contributed by atoms with E-state index >= 15 is 0 Å². The molecule has 2 rings (SSSR count). The highest BCUT2D eigenvalue weighted by Crippen LogP contribution is 2.10. The minimum Gasteiger partial charge on any atom is -0.461 e. The molecular formula is C13H15NO2S. The lowest BCUT2D eigenvalue weighted by Gasteiger charge is -2.07. The Morgan fingerprint density at radius 2 is 2.35 bits per heavy atom. The Hall–Kier alpha value is -1.55. The average molecular weight is 249 g/mol. The van der Waals surface area contributed by atoms with Crippen LogP contribution in [0, 0.1) is 0 Å². The predicted octanol–water partition coefficient (Wildman–Crippen LogP) is 2.97. The Kier molecular flexibility index (Phi) is 3.98. The fourth-order valence-electron chi connectivity index (χ4n) is 1.68. The third kappa shape index (κ3) is 2.97. The van der Waals surface area contributed by atoms with Crippen LogP contribution in [0.25, 0.3) is 0 Å². The molecule has 0 saturated heterocycles. The maximum Gasteiger partial charge on any atom is 0.354 e. The van der Waals surface area contributed by atoms with Gasteiger partial charge in [0.1, 0.15) is 5.69 Å². The van der Waals surface area contributed by atoms with Gasteiger partial charge >= 0.3 is 5.97 Å². The molecule has 0 radical (unpaired) electrons. The Balaban J connectivity index is 2.01. The van der Waals surface area contributed by atoms with Crippen LogP contribution < -0.4 is 0 Å². The van der Waals surface area contributed by atoms with E-state index in [0.717, 1.165) is 13.0 Å². The summed E-state index contributed by atoms with van der Waals surface area (Å²) in [6.07, 6.45) is 2.85. The van der Waals surface area contributed by atoms with E-state index in [1.807, 2.05) is 23.8 Å². The minimum absolute atomic E-state index is 0.247. The molecule has 2 aromatic rings. The molecule has 17 heavy (non-hydrogen) atoms. The number of carbonyl (C=O) groups excluding carboxylic acids is 1. The maximum atomic E-state index is 11.6. The van der Waals surface area contributed by atoms with E-state index in [1.54, 1.807) is 17.4 Å². The van der Waals surface area contributed by atoms with Gasteiger partial charge in [0.15, 0.2) is 0 Å². The number of aromatic nitrogens is 1. The molecule has 0 atom stereocenters. The highest BCUT2D eigenvalue weighted by Gasteiger charge is 2.11. The summed E-state index contributed by atoms with van der Waals surface area (Å²) < 4.78 is 6.95. The fourth-order valence-corrected chi connectivity index (χ4v) is 2.39. The van der Waals surface area contributed by atoms with E-state index in [0.29, 0.717) is 12.3 Å². The van der Waals surface area contributed by atoms with Gasteiger partial charge in [-0.15, -0.1) is 0 Å². The SMILES string of the molecule is CCOC(=O)c1cccn1CCc1ccsc1. The van der Waals surface area contributed by atoms with E-state index < -0.39 is 0 Å². The monoisotopic (exact) mass is 249 g/mol. The molecule has 2 heterocycles. The zero-order chi connectivity index (χ0) is 12.1. The van der Waals surface area contributed by atoms with Crippen molar-refractivity contribution in [2.75, 3.05) is 6.61 Å². The van der Waals surface area contributed by atoms with Crippen LogP contribution in [0.3, 0.4) is 0 Å². The van der Waals surface area contributed by atoms with Gasteiger partial charge < -0.3 is 9.30 Å². The fraction of sp³-hybridized carbons (Fsp3) is 0.308. The first-order chi connectivity index (χ1) is 8.31. The van der Waals surface area contributed by atoms with Gasteiger partial charge in [0.05, 0.1) is 6.61 Å². The van der Waals surface area contributed by atoms with E-state index in [1.165, 1.54) is 5.56 Å². The first-order valence-corrected chi connectivity index (χ1v) is 6.59. The third-order valence-electron chi connectivity index (χ3n) is 2.54. The molecule has 3 nitrogen and oxygen atoms in total. The topological polar surface area (TPSA) is 31.2 Å². The smallest absolute Gasteiger partial charge is 0.354 e. The molecule has 90 valence electrons. The quantitative estimate of drug-likeness (QED) is 0.763. The Morgan fingerprint density at radius 3 is 3.06 bits per heavy atom. The molecule has 0 N–H and O–H groups in total. The number of thiophene rings is 1. The number of nitrogens with zero attached hydrogens (tertiary/aromatic N) is 1. The molecule has 0 aliphatic heterocycles. The number of carbonyl (C=O) groups is 1. The van der Waals surface area contributed by atoms with Gasteiger partial charge in [-0.2, -0.15) is 11.3 Å². The van der Waals surface area contributed by atoms with Crippen LogP contribution >= 0.6 is 11.3 Å². The lowest BCUT2D eigenvalue weighted by atomic mass is 10.2. The molecule has 0 bridgehead atoms. The summed E-state index contributed by atoms with van der Waals surface area (Å²) in [5, 5.41) is 4.20. The Morgan fingerprint density at radius 1 is 1.47 bits per heavy atom. The van der Waals surface area contributed by atoms with Gasteiger partial charge in [-0.3, -0.25) is 0 Å². The van der Waals surface area contributed by atoms with Crippen molar-refractivity contribution in [1.82, 2.24) is 4.57 Å². The van der Waals surface area contributed by atoms with Crippen molar-refractivity contribution >= 4 is 17.3 Å². The molecule has 0 aromatic carbocycles. The summed E-state index contributed by atoms with van der Waals surface area (Å²) in [4.78, 5) is 11.6. The molecular weight excluding hydrogens is 234 g/mol. The molecule has 0 aliphatic rings. The molecule has 0 amide bonds. The summed E-state index contributed by atoms with van der Waals surface area (Å²) in [7, 11) is 0. The molecule has 4 heteroatoms. The van der Waals surface area contributed by atoms with Crippen molar-refractivity contribution < 1.29 is 9.53 Å². The van der Waals surface area contributed by atoms with Crippen LogP contribution in [0.15, 0.2) is 35.2 Å². The van der Waals surface area contributed by atoms with Gasteiger partial charge in [-0.1, -0.05) is 0 Å². The highest BCUT2D eigenvalue weighted by molar-refractivity contribution is 7.07. The number of hydrogen-bond acceptors (Lipinski definition) is 3. The van der Waals surface area contributed by atoms with Crippen LogP contribution in [0.4, 0.5) is 0 Å². The zero-order valence-corrected chi connectivity index (χ0v) is 10.6. The molecule has 2 aromatic heterocycles. The summed E-state index contributed by atoms with van der Waals surface area (Å²) in [5.74, 6) is -0.247. The normalized spacial score (nSPS) is 10.4. The highest BCUT2D eigenvalue weighted by atomic mass is 32.1. The summed E-state index contributed by atoms with van der Waals surface area (Å²) in [6.45, 7) is 3.03. The van der Waals surface area contributed by atoms with Crippen molar-refractivity contribution in [3.8, 4) is 0 Å². The number of esters is 1. The second kappa shape index (κ2) is 5.68. The first kappa shape index (κ1) is 11.9. The van der Waals surface area contributed by atoms with E-state index in [4.69, 9.17) is 4.74 Å². The Bertz CT molecular complexity index is 473. The van der Waals surface area contributed by atoms with E-state index in [2.05, 4.69) is 16.8 Å². The van der Waals surface area contributed by atoms with Crippen LogP contribution in [0.1, 0.15) is 23.0 Å². The van der Waals surface area contributed by atoms with Crippen LogP contribution in [-0.4, -0.2) is 17.1 Å². The molecule has 0 aliphatic carbocycles. The average Bonchev–Trinajstić information content (AvgIpc) is 2.98. The summed E-state index contributed by atoms with van der Waals surface area (Å²) in [6, 6.07) is 5.78. The van der Waals surface area contributed by atoms with Crippen molar-refractivity contribution in [3.63, 3.8) is 0 Å². The Labute approximate surface area is 105 Å². The van der Waals surface area contributed by atoms with Crippen LogP contribution in [0.2, 0.25) is 0 Å². The largest absolute Gasteiger partial charge is 0.461 e. The van der Waals surface area contributed by atoms with E-state index in [-0.39, 0.29) is 5.97 Å². The molecule has 0 unspecified atom stereocenters. The third-order valence-corrected chi connectivity index (χ3v) is 3.27. The van der Waals surface area contributed by atoms with Crippen LogP contribution in [0.5, 0.6) is 0 Å². The zero-order valence-electron chi connectivity index (χ0n) is 9.76. The van der Waals surface area contributed by atoms with E-state index in [9.17, 15) is 4.79 Å². The number of aryl methyl sites for hydroxylation is 2. The van der Waals surface area contributed by atoms with Crippen LogP contribution in [-0.2, 0) is 17.7 Å². The number of hydrogen-bond donors (Lipinski definition) is 0. The van der Waals surface area contributed by atoms with Crippen molar-refractivity contribution in [2.24, 2.45) is 0 Å². The second-order valence-corrected chi connectivity index (χ2v) is 4.47. The summed E-state index contributed by atoms with van der Waals surface area (Å²) in [5.41, 5.74) is 1.93. The predicted molar refractivity (Wildman–Crippen MR) is 68.4 cm³/mol. The molecule has 0 spiro atoms. The number of rotatable bonds is 5. The molecule has 0 saturated carbocycles. The van der Waals surface area contributed by atoms with Crippen molar-refractivity contribution in [3.05, 3.63) is 46.4 Å². The van der Waals surface area contributed by atoms with Gasteiger partial charge in [0, 0.05) is 12.7 Å². The van der Waals surface area contributed by atoms with Gasteiger partial charge in [0.25, 0.3) is 0 Å². The van der Waals surface area contributed by atoms with Crippen molar-refractivity contribution in [1.29, 1.82) is 0 Å². The second-order valence-electron chi connectivity index (χ2n) is 3.69. The van der Waals surface area contributed by atoms with Gasteiger partial charge in [0.2, 0.25) is 0 Å². The lowest BCUT2D eigenvalue weighted by molar-refractivity contribution is 0.0514. The summed E-state index contributed by atoms with van der Waals surface area (Å²) >= 11 is 1.69. The lowest BCUT2D eigenvalue weighted by Crippen LogP contribution is -2.12. The van der Waals surface area contributed by atoms with Gasteiger partial charge in [-0.25, -0.2) is 4.79 Å².